The zero-order valence-electron chi connectivity index (χ0n) is 7.41. The Bertz CT molecular complexity index is 198. The lowest BCUT2D eigenvalue weighted by Gasteiger charge is -2.09. The van der Waals surface area contributed by atoms with Gasteiger partial charge in [0.05, 0.1) is 6.10 Å². The molecule has 0 aromatic rings. The van der Waals surface area contributed by atoms with E-state index in [1.807, 2.05) is 6.92 Å². The molecule has 1 unspecified atom stereocenters. The molecule has 3 atom stereocenters. The first-order valence-electron chi connectivity index (χ1n) is 4.41. The number of rotatable bonds is 1. The molecule has 2 aliphatic rings. The molecular weight excluding hydrogens is 156 g/mol. The van der Waals surface area contributed by atoms with Gasteiger partial charge < -0.3 is 5.11 Å². The lowest BCUT2D eigenvalue weighted by Crippen LogP contribution is -2.11. The lowest BCUT2D eigenvalue weighted by molar-refractivity contribution is -0.315. The summed E-state index contributed by atoms with van der Waals surface area (Å²) in [5, 5.41) is 9.38. The third kappa shape index (κ3) is 1.09. The highest BCUT2D eigenvalue weighted by Crippen LogP contribution is 2.39. The van der Waals surface area contributed by atoms with Gasteiger partial charge in [-0.3, -0.25) is 0 Å². The highest BCUT2D eigenvalue weighted by molar-refractivity contribution is 5.28. The zero-order valence-corrected chi connectivity index (χ0v) is 7.41. The van der Waals surface area contributed by atoms with E-state index in [9.17, 15) is 5.11 Å². The monoisotopic (exact) mass is 170 g/mol. The van der Waals surface area contributed by atoms with Crippen LogP contribution in [0.4, 0.5) is 0 Å². The van der Waals surface area contributed by atoms with Gasteiger partial charge in [0.2, 0.25) is 0 Å². The van der Waals surface area contributed by atoms with Crippen LogP contribution in [0, 0.1) is 0 Å². The van der Waals surface area contributed by atoms with Gasteiger partial charge in [0, 0.05) is 0 Å². The summed E-state index contributed by atoms with van der Waals surface area (Å²) in [4.78, 5) is 10.1. The van der Waals surface area contributed by atoms with Crippen molar-refractivity contribution >= 4 is 0 Å². The van der Waals surface area contributed by atoms with E-state index in [0.29, 0.717) is 0 Å². The van der Waals surface area contributed by atoms with Crippen molar-refractivity contribution in [2.24, 2.45) is 0 Å². The molecule has 2 rings (SSSR count). The second kappa shape index (κ2) is 2.83. The molecule has 0 aromatic carbocycles. The van der Waals surface area contributed by atoms with Crippen LogP contribution >= 0.6 is 0 Å². The first-order valence-corrected chi connectivity index (χ1v) is 4.41. The molecule has 0 spiro atoms. The first kappa shape index (κ1) is 8.23. The van der Waals surface area contributed by atoms with E-state index < -0.39 is 0 Å². The fourth-order valence-electron chi connectivity index (χ4n) is 1.90. The molecule has 3 heteroatoms. The molecular formula is C9H14O3. The van der Waals surface area contributed by atoms with Gasteiger partial charge in [-0.15, -0.1) is 0 Å². The molecule has 2 bridgehead atoms. The Morgan fingerprint density at radius 3 is 2.25 bits per heavy atom. The van der Waals surface area contributed by atoms with Gasteiger partial charge in [0.1, 0.15) is 12.2 Å². The molecule has 1 N–H and O–H groups in total. The molecule has 0 amide bonds. The summed E-state index contributed by atoms with van der Waals surface area (Å²) in [6, 6.07) is 0. The average Bonchev–Trinajstić information content (AvgIpc) is 2.61. The van der Waals surface area contributed by atoms with E-state index in [2.05, 4.69) is 0 Å². The van der Waals surface area contributed by atoms with Crippen LogP contribution in [0.1, 0.15) is 26.7 Å². The van der Waals surface area contributed by atoms with Crippen LogP contribution in [-0.2, 0) is 9.78 Å². The third-order valence-corrected chi connectivity index (χ3v) is 2.75. The van der Waals surface area contributed by atoms with Crippen LogP contribution in [0.3, 0.4) is 0 Å². The maximum absolute atomic E-state index is 9.38. The van der Waals surface area contributed by atoms with Crippen molar-refractivity contribution in [3.8, 4) is 0 Å². The summed E-state index contributed by atoms with van der Waals surface area (Å²) in [6.07, 6.45) is 1.91. The smallest absolute Gasteiger partial charge is 0.117 e. The van der Waals surface area contributed by atoms with Gasteiger partial charge in [-0.25, -0.2) is 9.78 Å². The lowest BCUT2D eigenvalue weighted by atomic mass is 10.0. The Morgan fingerprint density at radius 1 is 1.42 bits per heavy atom. The molecule has 2 fully saturated rings. The van der Waals surface area contributed by atoms with Crippen LogP contribution in [0.5, 0.6) is 0 Å². The largest absolute Gasteiger partial charge is 0.389 e. The topological polar surface area (TPSA) is 38.7 Å². The Hall–Kier alpha value is -0.380. The normalized spacial score (nSPS) is 40.2. The minimum atomic E-state index is -0.381. The Labute approximate surface area is 71.9 Å². The summed E-state index contributed by atoms with van der Waals surface area (Å²) < 4.78 is 0. The first-order chi connectivity index (χ1) is 5.70. The van der Waals surface area contributed by atoms with E-state index >= 15 is 0 Å². The minimum Gasteiger partial charge on any atom is -0.389 e. The van der Waals surface area contributed by atoms with Crippen LogP contribution in [0.25, 0.3) is 0 Å². The molecule has 12 heavy (non-hydrogen) atoms. The van der Waals surface area contributed by atoms with E-state index in [1.165, 1.54) is 5.57 Å². The summed E-state index contributed by atoms with van der Waals surface area (Å²) in [7, 11) is 0. The SMILES string of the molecule is CC(=C1[C@@H]2CC[C@H]1OO2)C(C)O. The van der Waals surface area contributed by atoms with Gasteiger partial charge >= 0.3 is 0 Å². The molecule has 1 saturated heterocycles. The second-order valence-corrected chi connectivity index (χ2v) is 3.56. The fraction of sp³-hybridized carbons (Fsp3) is 0.778. The molecule has 3 nitrogen and oxygen atoms in total. The Balaban J connectivity index is 2.28. The van der Waals surface area contributed by atoms with Gasteiger partial charge in [-0.2, -0.15) is 0 Å². The highest BCUT2D eigenvalue weighted by Gasteiger charge is 2.41. The van der Waals surface area contributed by atoms with Crippen LogP contribution in [-0.4, -0.2) is 23.4 Å². The van der Waals surface area contributed by atoms with Crippen LogP contribution in [0.2, 0.25) is 0 Å². The average molecular weight is 170 g/mol. The Kier molecular flexibility index (Phi) is 1.94. The predicted molar refractivity (Wildman–Crippen MR) is 43.4 cm³/mol. The van der Waals surface area contributed by atoms with Crippen molar-refractivity contribution in [3.63, 3.8) is 0 Å². The molecule has 1 aliphatic heterocycles. The van der Waals surface area contributed by atoms with Crippen molar-refractivity contribution in [2.45, 2.75) is 45.0 Å². The molecule has 68 valence electrons. The van der Waals surface area contributed by atoms with Crippen molar-refractivity contribution in [2.75, 3.05) is 0 Å². The number of aliphatic hydroxyl groups excluding tert-OH is 1. The van der Waals surface area contributed by atoms with Gasteiger partial charge in [0.15, 0.2) is 0 Å². The highest BCUT2D eigenvalue weighted by atomic mass is 17.2. The molecule has 1 heterocycles. The van der Waals surface area contributed by atoms with Crippen molar-refractivity contribution in [1.29, 1.82) is 0 Å². The number of aliphatic hydroxyl groups is 1. The van der Waals surface area contributed by atoms with Crippen LogP contribution < -0.4 is 0 Å². The summed E-state index contributed by atoms with van der Waals surface area (Å²) in [5.74, 6) is 0. The molecule has 0 radical (unpaired) electrons. The minimum absolute atomic E-state index is 0.115. The third-order valence-electron chi connectivity index (χ3n) is 2.75. The van der Waals surface area contributed by atoms with Gasteiger partial charge in [-0.1, -0.05) is 0 Å². The van der Waals surface area contributed by atoms with E-state index in [-0.39, 0.29) is 18.3 Å². The predicted octanol–water partition coefficient (Wildman–Crippen LogP) is 1.18. The van der Waals surface area contributed by atoms with E-state index in [0.717, 1.165) is 18.4 Å². The molecule has 1 saturated carbocycles. The Morgan fingerprint density at radius 2 is 1.92 bits per heavy atom. The number of hydrogen-bond donors (Lipinski definition) is 1. The van der Waals surface area contributed by atoms with Gasteiger partial charge in [0.25, 0.3) is 0 Å². The van der Waals surface area contributed by atoms with Gasteiger partial charge in [-0.05, 0) is 37.8 Å². The maximum Gasteiger partial charge on any atom is 0.117 e. The quantitative estimate of drug-likeness (QED) is 0.474. The van der Waals surface area contributed by atoms with Crippen molar-refractivity contribution < 1.29 is 14.9 Å². The van der Waals surface area contributed by atoms with E-state index in [4.69, 9.17) is 9.78 Å². The number of hydrogen-bond acceptors (Lipinski definition) is 3. The molecule has 1 aliphatic carbocycles. The van der Waals surface area contributed by atoms with E-state index in [1.54, 1.807) is 6.92 Å². The van der Waals surface area contributed by atoms with Crippen molar-refractivity contribution in [3.05, 3.63) is 11.1 Å². The summed E-state index contributed by atoms with van der Waals surface area (Å²) >= 11 is 0. The molecule has 0 aromatic heterocycles. The number of fused-ring (bicyclic) bond motifs is 2. The second-order valence-electron chi connectivity index (χ2n) is 3.56. The standard InChI is InChI=1S/C9H14O3/c1-5(6(2)10)9-7-3-4-8(9)12-11-7/h6-8,10H,3-4H2,1-2H3/t6?,7-,8+. The summed E-state index contributed by atoms with van der Waals surface area (Å²) in [6.45, 7) is 3.73. The van der Waals surface area contributed by atoms with Crippen LogP contribution in [0.15, 0.2) is 11.1 Å². The maximum atomic E-state index is 9.38. The van der Waals surface area contributed by atoms with Crippen molar-refractivity contribution in [1.82, 2.24) is 0 Å². The summed E-state index contributed by atoms with van der Waals surface area (Å²) in [5.41, 5.74) is 2.19. The fourth-order valence-corrected chi connectivity index (χ4v) is 1.90. The zero-order chi connectivity index (χ0) is 8.72.